The van der Waals surface area contributed by atoms with Crippen molar-refractivity contribution in [2.45, 2.75) is 19.9 Å². The fourth-order valence-corrected chi connectivity index (χ4v) is 2.76. The van der Waals surface area contributed by atoms with Crippen LogP contribution in [0.4, 0.5) is 5.82 Å². The van der Waals surface area contributed by atoms with Crippen molar-refractivity contribution in [2.75, 3.05) is 12.8 Å². The molecule has 3 aromatic rings. The molecule has 0 amide bonds. The van der Waals surface area contributed by atoms with Crippen molar-refractivity contribution in [2.24, 2.45) is 0 Å². The Hall–Kier alpha value is -2.86. The Labute approximate surface area is 156 Å². The number of hydrogen-bond acceptors (Lipinski definition) is 5. The molecule has 0 atom stereocenters. The molecule has 1 aromatic carbocycles. The van der Waals surface area contributed by atoms with E-state index < -0.39 is 0 Å². The van der Waals surface area contributed by atoms with Crippen LogP contribution in [0.15, 0.2) is 47.3 Å². The quantitative estimate of drug-likeness (QED) is 0.755. The minimum absolute atomic E-state index is 0.0656. The van der Waals surface area contributed by atoms with E-state index in [0.717, 1.165) is 11.3 Å². The van der Waals surface area contributed by atoms with Gasteiger partial charge in [0, 0.05) is 17.2 Å². The fraction of sp³-hybridized carbons (Fsp3) is 0.211. The van der Waals surface area contributed by atoms with Crippen LogP contribution in [0.3, 0.4) is 0 Å². The Morgan fingerprint density at radius 3 is 2.46 bits per heavy atom. The van der Waals surface area contributed by atoms with Crippen molar-refractivity contribution >= 4 is 17.4 Å². The molecule has 3 rings (SSSR count). The molecule has 2 heterocycles. The number of ether oxygens (including phenoxy) is 1. The Bertz CT molecular complexity index is 997. The summed E-state index contributed by atoms with van der Waals surface area (Å²) in [6.45, 7) is 3.80. The van der Waals surface area contributed by atoms with E-state index in [1.165, 1.54) is 10.7 Å². The molecular formula is C19H19ClN4O2. The number of benzene rings is 1. The highest BCUT2D eigenvalue weighted by molar-refractivity contribution is 6.33. The van der Waals surface area contributed by atoms with Crippen LogP contribution in [0.2, 0.25) is 5.02 Å². The number of nitrogens with zero attached hydrogens (tertiary/aromatic N) is 3. The van der Waals surface area contributed by atoms with Crippen molar-refractivity contribution in [3.8, 4) is 28.3 Å². The average molecular weight is 371 g/mol. The van der Waals surface area contributed by atoms with Crippen molar-refractivity contribution in [1.82, 2.24) is 14.8 Å². The summed E-state index contributed by atoms with van der Waals surface area (Å²) in [4.78, 5) is 16.5. The first-order chi connectivity index (χ1) is 12.4. The zero-order valence-corrected chi connectivity index (χ0v) is 15.5. The van der Waals surface area contributed by atoms with Gasteiger partial charge in [0.1, 0.15) is 11.6 Å². The first-order valence-electron chi connectivity index (χ1n) is 8.11. The number of halogens is 1. The lowest BCUT2D eigenvalue weighted by molar-refractivity contribution is 0.415. The van der Waals surface area contributed by atoms with Crippen LogP contribution in [-0.2, 0) is 0 Å². The second-order valence-corrected chi connectivity index (χ2v) is 6.48. The van der Waals surface area contributed by atoms with Gasteiger partial charge in [-0.05, 0) is 50.2 Å². The van der Waals surface area contributed by atoms with E-state index in [0.29, 0.717) is 22.0 Å². The predicted octanol–water partition coefficient (Wildman–Crippen LogP) is 3.80. The maximum atomic E-state index is 12.0. The summed E-state index contributed by atoms with van der Waals surface area (Å²) in [7, 11) is 1.61. The second-order valence-electron chi connectivity index (χ2n) is 6.08. The highest BCUT2D eigenvalue weighted by Crippen LogP contribution is 2.34. The van der Waals surface area contributed by atoms with Crippen molar-refractivity contribution < 1.29 is 4.74 Å². The lowest BCUT2D eigenvalue weighted by Crippen LogP contribution is -2.24. The molecule has 0 saturated carbocycles. The van der Waals surface area contributed by atoms with Crippen molar-refractivity contribution in [3.05, 3.63) is 57.8 Å². The van der Waals surface area contributed by atoms with Crippen LogP contribution in [0.1, 0.15) is 19.9 Å². The molecule has 0 spiro atoms. The number of nitrogen functional groups attached to an aromatic ring is 1. The summed E-state index contributed by atoms with van der Waals surface area (Å²) in [6.07, 6.45) is 0. The van der Waals surface area contributed by atoms with Crippen LogP contribution in [0.5, 0.6) is 5.75 Å². The van der Waals surface area contributed by atoms with Gasteiger partial charge in [-0.25, -0.2) is 9.67 Å². The van der Waals surface area contributed by atoms with Gasteiger partial charge in [0.05, 0.1) is 29.6 Å². The van der Waals surface area contributed by atoms with Gasteiger partial charge in [-0.2, -0.15) is 5.10 Å². The lowest BCUT2D eigenvalue weighted by Gasteiger charge is -2.14. The van der Waals surface area contributed by atoms with Gasteiger partial charge < -0.3 is 10.5 Å². The number of aromatic nitrogens is 3. The predicted molar refractivity (Wildman–Crippen MR) is 104 cm³/mol. The SMILES string of the molecule is COc1ccc(-c2nc(N)c(Cl)cc2-c2ccc(=O)n(C(C)C)n2)cc1. The van der Waals surface area contributed by atoms with E-state index in [1.807, 2.05) is 38.1 Å². The van der Waals surface area contributed by atoms with Crippen LogP contribution >= 0.6 is 11.6 Å². The van der Waals surface area contributed by atoms with Gasteiger partial charge in [-0.3, -0.25) is 4.79 Å². The van der Waals surface area contributed by atoms with Crippen LogP contribution in [-0.4, -0.2) is 21.9 Å². The third kappa shape index (κ3) is 3.41. The van der Waals surface area contributed by atoms with Gasteiger partial charge in [0.2, 0.25) is 0 Å². The van der Waals surface area contributed by atoms with Gasteiger partial charge in [0.15, 0.2) is 0 Å². The third-order valence-corrected chi connectivity index (χ3v) is 4.26. The van der Waals surface area contributed by atoms with Crippen molar-refractivity contribution in [1.29, 1.82) is 0 Å². The number of pyridine rings is 1. The number of rotatable bonds is 4. The van der Waals surface area contributed by atoms with E-state index in [9.17, 15) is 4.79 Å². The van der Waals surface area contributed by atoms with Crippen molar-refractivity contribution in [3.63, 3.8) is 0 Å². The van der Waals surface area contributed by atoms with Gasteiger partial charge in [-0.15, -0.1) is 0 Å². The Morgan fingerprint density at radius 2 is 1.85 bits per heavy atom. The van der Waals surface area contributed by atoms with E-state index in [2.05, 4.69) is 10.1 Å². The first kappa shape index (κ1) is 17.9. The lowest BCUT2D eigenvalue weighted by atomic mass is 10.0. The minimum atomic E-state index is -0.163. The smallest absolute Gasteiger partial charge is 0.267 e. The zero-order valence-electron chi connectivity index (χ0n) is 14.7. The summed E-state index contributed by atoms with van der Waals surface area (Å²) in [5, 5.41) is 4.81. The molecule has 6 nitrogen and oxygen atoms in total. The molecule has 0 saturated heterocycles. The summed E-state index contributed by atoms with van der Waals surface area (Å²) < 4.78 is 6.63. The first-order valence-corrected chi connectivity index (χ1v) is 8.49. The molecule has 2 aromatic heterocycles. The maximum absolute atomic E-state index is 12.0. The standard InChI is InChI=1S/C19H19ClN4O2/c1-11(2)24-17(25)9-8-16(23-24)14-10-15(20)19(21)22-18(14)12-4-6-13(26-3)7-5-12/h4-11H,1-3H3,(H2,21,22). The van der Waals surface area contributed by atoms with Crippen LogP contribution in [0.25, 0.3) is 22.5 Å². The molecule has 26 heavy (non-hydrogen) atoms. The van der Waals surface area contributed by atoms with Gasteiger partial charge in [-0.1, -0.05) is 11.6 Å². The molecule has 0 aliphatic rings. The fourth-order valence-electron chi connectivity index (χ4n) is 2.61. The zero-order chi connectivity index (χ0) is 18.8. The topological polar surface area (TPSA) is 83.0 Å². The molecule has 0 bridgehead atoms. The van der Waals surface area contributed by atoms with Crippen LogP contribution in [0, 0.1) is 0 Å². The molecule has 0 fully saturated rings. The Balaban J connectivity index is 2.22. The molecule has 2 N–H and O–H groups in total. The highest BCUT2D eigenvalue weighted by Gasteiger charge is 2.15. The van der Waals surface area contributed by atoms with E-state index >= 15 is 0 Å². The number of anilines is 1. The number of nitrogens with two attached hydrogens (primary N) is 1. The number of methoxy groups -OCH3 is 1. The number of hydrogen-bond donors (Lipinski definition) is 1. The minimum Gasteiger partial charge on any atom is -0.497 e. The largest absolute Gasteiger partial charge is 0.497 e. The molecular weight excluding hydrogens is 352 g/mol. The van der Waals surface area contributed by atoms with Gasteiger partial charge >= 0.3 is 0 Å². The molecule has 0 aliphatic carbocycles. The third-order valence-electron chi connectivity index (χ3n) is 3.96. The van der Waals surface area contributed by atoms with Gasteiger partial charge in [0.25, 0.3) is 5.56 Å². The Morgan fingerprint density at radius 1 is 1.15 bits per heavy atom. The maximum Gasteiger partial charge on any atom is 0.267 e. The Kier molecular flexibility index (Phi) is 4.95. The molecule has 134 valence electrons. The normalized spacial score (nSPS) is 11.0. The molecule has 0 radical (unpaired) electrons. The van der Waals surface area contributed by atoms with E-state index in [-0.39, 0.29) is 17.4 Å². The summed E-state index contributed by atoms with van der Waals surface area (Å²) in [6, 6.07) is 12.3. The van der Waals surface area contributed by atoms with E-state index in [1.54, 1.807) is 19.2 Å². The summed E-state index contributed by atoms with van der Waals surface area (Å²) in [5.74, 6) is 0.974. The van der Waals surface area contributed by atoms with E-state index in [4.69, 9.17) is 22.1 Å². The molecule has 7 heteroatoms. The summed E-state index contributed by atoms with van der Waals surface area (Å²) in [5.41, 5.74) is 8.53. The molecule has 0 unspecified atom stereocenters. The molecule has 0 aliphatic heterocycles. The average Bonchev–Trinajstić information content (AvgIpc) is 2.64. The highest BCUT2D eigenvalue weighted by atomic mass is 35.5. The van der Waals surface area contributed by atoms with Crippen LogP contribution < -0.4 is 16.0 Å². The second kappa shape index (κ2) is 7.17. The monoisotopic (exact) mass is 370 g/mol. The summed E-state index contributed by atoms with van der Waals surface area (Å²) >= 11 is 6.20.